The average molecular weight is 242 g/mol. The van der Waals surface area contributed by atoms with Crippen molar-refractivity contribution in [3.8, 4) is 0 Å². The van der Waals surface area contributed by atoms with Gasteiger partial charge in [0.2, 0.25) is 0 Å². The van der Waals surface area contributed by atoms with E-state index in [1.807, 2.05) is 0 Å². The summed E-state index contributed by atoms with van der Waals surface area (Å²) in [6, 6.07) is 0. The van der Waals surface area contributed by atoms with Gasteiger partial charge in [0.05, 0.1) is 33.3 Å². The van der Waals surface area contributed by atoms with Crippen LogP contribution in [-0.2, 0) is 9.53 Å². The van der Waals surface area contributed by atoms with E-state index >= 15 is 0 Å². The van der Waals surface area contributed by atoms with Crippen LogP contribution in [0.25, 0.3) is 0 Å². The Labute approximate surface area is 106 Å². The van der Waals surface area contributed by atoms with E-state index < -0.39 is 0 Å². The van der Waals surface area contributed by atoms with Gasteiger partial charge in [0, 0.05) is 5.57 Å². The van der Waals surface area contributed by atoms with Crippen molar-refractivity contribution in [2.24, 2.45) is 0 Å². The topological polar surface area (TPSA) is 26.3 Å². The first kappa shape index (κ1) is 16.2. The summed E-state index contributed by atoms with van der Waals surface area (Å²) in [5, 5.41) is 0. The summed E-state index contributed by atoms with van der Waals surface area (Å²) in [7, 11) is 2.29. The summed E-state index contributed by atoms with van der Waals surface area (Å²) in [4.78, 5) is 11.1. The summed E-state index contributed by atoms with van der Waals surface area (Å²) in [6.45, 7) is 13.8. The summed E-state index contributed by atoms with van der Waals surface area (Å²) in [6.07, 6.45) is 3.27. The molecule has 0 spiro atoms. The predicted octanol–water partition coefficient (Wildman–Crippen LogP) is 2.76. The van der Waals surface area contributed by atoms with Crippen LogP contribution in [0.2, 0.25) is 0 Å². The van der Waals surface area contributed by atoms with Gasteiger partial charge in [0.15, 0.2) is 0 Å². The van der Waals surface area contributed by atoms with Crippen LogP contribution < -0.4 is 0 Å². The maximum Gasteiger partial charge on any atom is 0.333 e. The molecule has 0 rings (SSSR count). The molecule has 3 nitrogen and oxygen atoms in total. The van der Waals surface area contributed by atoms with Crippen molar-refractivity contribution in [3.63, 3.8) is 0 Å². The Morgan fingerprint density at radius 1 is 1.18 bits per heavy atom. The smallest absolute Gasteiger partial charge is 0.333 e. The average Bonchev–Trinajstić information content (AvgIpc) is 2.32. The number of quaternary nitrogens is 1. The quantitative estimate of drug-likeness (QED) is 0.269. The predicted molar refractivity (Wildman–Crippen MR) is 71.8 cm³/mol. The Morgan fingerprint density at radius 2 is 1.76 bits per heavy atom. The second-order valence-electron chi connectivity index (χ2n) is 4.95. The molecule has 0 unspecified atom stereocenters. The van der Waals surface area contributed by atoms with Crippen molar-refractivity contribution in [2.45, 2.75) is 40.0 Å². The lowest BCUT2D eigenvalue weighted by atomic mass is 10.2. The van der Waals surface area contributed by atoms with E-state index in [4.69, 9.17) is 4.74 Å². The number of hydrogen-bond acceptors (Lipinski definition) is 2. The highest BCUT2D eigenvalue weighted by Crippen LogP contribution is 2.06. The number of nitrogens with zero attached hydrogens (tertiary/aromatic N) is 1. The largest absolute Gasteiger partial charge is 0.462 e. The van der Waals surface area contributed by atoms with Gasteiger partial charge >= 0.3 is 5.97 Å². The first-order chi connectivity index (χ1) is 7.95. The lowest BCUT2D eigenvalue weighted by molar-refractivity contribution is -0.906. The molecule has 0 aliphatic carbocycles. The monoisotopic (exact) mass is 242 g/mol. The Hall–Kier alpha value is -0.830. The van der Waals surface area contributed by atoms with Crippen molar-refractivity contribution >= 4 is 5.97 Å². The van der Waals surface area contributed by atoms with Crippen LogP contribution in [0.4, 0.5) is 0 Å². The van der Waals surface area contributed by atoms with Crippen LogP contribution in [0.1, 0.15) is 40.0 Å². The minimum Gasteiger partial charge on any atom is -0.462 e. The van der Waals surface area contributed by atoms with E-state index in [1.165, 1.54) is 26.1 Å². The molecule has 0 saturated carbocycles. The Balaban J connectivity index is 3.53. The summed E-state index contributed by atoms with van der Waals surface area (Å²) < 4.78 is 6.18. The SMILES string of the molecule is C=C(C)C(=O)OCCCCC[N+](C)(CC)CC. The van der Waals surface area contributed by atoms with Crippen LogP contribution in [0.5, 0.6) is 0 Å². The molecule has 0 aromatic carbocycles. The lowest BCUT2D eigenvalue weighted by Gasteiger charge is -2.32. The number of unbranched alkanes of at least 4 members (excludes halogenated alkanes) is 2. The van der Waals surface area contributed by atoms with Crippen molar-refractivity contribution in [1.29, 1.82) is 0 Å². The van der Waals surface area contributed by atoms with Gasteiger partial charge in [0.1, 0.15) is 0 Å². The molecule has 0 atom stereocenters. The molecular weight excluding hydrogens is 214 g/mol. The second-order valence-corrected chi connectivity index (χ2v) is 4.95. The van der Waals surface area contributed by atoms with Gasteiger partial charge in [-0.3, -0.25) is 0 Å². The van der Waals surface area contributed by atoms with Gasteiger partial charge in [-0.25, -0.2) is 4.79 Å². The molecule has 0 aromatic heterocycles. The standard InChI is InChI=1S/C14H28NO2/c1-6-15(5,7-2)11-9-8-10-12-17-14(16)13(3)4/h3,6-12H2,1-2,4-5H3/q+1. The molecule has 0 aliphatic rings. The third-order valence-electron chi connectivity index (χ3n) is 3.45. The maximum absolute atomic E-state index is 11.1. The van der Waals surface area contributed by atoms with Crippen LogP contribution in [0.15, 0.2) is 12.2 Å². The summed E-state index contributed by atoms with van der Waals surface area (Å²) in [5.74, 6) is -0.271. The Morgan fingerprint density at radius 3 is 2.24 bits per heavy atom. The highest BCUT2D eigenvalue weighted by molar-refractivity contribution is 5.86. The van der Waals surface area contributed by atoms with Crippen molar-refractivity contribution < 1.29 is 14.0 Å². The molecule has 0 fully saturated rings. The first-order valence-corrected chi connectivity index (χ1v) is 6.61. The molecule has 0 aromatic rings. The molecule has 17 heavy (non-hydrogen) atoms. The summed E-state index contributed by atoms with van der Waals surface area (Å²) >= 11 is 0. The number of carbonyl (C=O) groups excluding carboxylic acids is 1. The van der Waals surface area contributed by atoms with Crippen LogP contribution in [0, 0.1) is 0 Å². The van der Waals surface area contributed by atoms with E-state index in [2.05, 4.69) is 27.5 Å². The number of rotatable bonds is 9. The second kappa shape index (κ2) is 8.29. The number of esters is 1. The molecular formula is C14H28NO2+. The minimum atomic E-state index is -0.271. The third-order valence-corrected chi connectivity index (χ3v) is 3.45. The Bertz CT molecular complexity index is 245. The van der Waals surface area contributed by atoms with Crippen molar-refractivity contribution in [2.75, 3.05) is 33.3 Å². The third kappa shape index (κ3) is 7.16. The van der Waals surface area contributed by atoms with Gasteiger partial charge in [-0.2, -0.15) is 0 Å². The molecule has 0 saturated heterocycles. The number of carbonyl (C=O) groups is 1. The lowest BCUT2D eigenvalue weighted by Crippen LogP contribution is -2.44. The van der Waals surface area contributed by atoms with E-state index in [-0.39, 0.29) is 5.97 Å². The molecule has 0 amide bonds. The molecule has 100 valence electrons. The fourth-order valence-corrected chi connectivity index (χ4v) is 1.60. The zero-order valence-corrected chi connectivity index (χ0v) is 11.9. The number of ether oxygens (including phenoxy) is 1. The van der Waals surface area contributed by atoms with E-state index in [1.54, 1.807) is 6.92 Å². The van der Waals surface area contributed by atoms with E-state index in [9.17, 15) is 4.79 Å². The van der Waals surface area contributed by atoms with Gasteiger partial charge in [-0.15, -0.1) is 0 Å². The molecule has 3 heteroatoms. The first-order valence-electron chi connectivity index (χ1n) is 6.61. The summed E-state index contributed by atoms with van der Waals surface area (Å²) in [5.41, 5.74) is 0.478. The van der Waals surface area contributed by atoms with Gasteiger partial charge in [0.25, 0.3) is 0 Å². The van der Waals surface area contributed by atoms with Crippen molar-refractivity contribution in [3.05, 3.63) is 12.2 Å². The maximum atomic E-state index is 11.1. The normalized spacial score (nSPS) is 11.3. The fraction of sp³-hybridized carbons (Fsp3) is 0.786. The highest BCUT2D eigenvalue weighted by Gasteiger charge is 2.14. The van der Waals surface area contributed by atoms with E-state index in [0.29, 0.717) is 12.2 Å². The van der Waals surface area contributed by atoms with Gasteiger partial charge in [-0.05, 0) is 40.0 Å². The highest BCUT2D eigenvalue weighted by atomic mass is 16.5. The van der Waals surface area contributed by atoms with E-state index in [0.717, 1.165) is 17.3 Å². The van der Waals surface area contributed by atoms with Crippen LogP contribution >= 0.6 is 0 Å². The van der Waals surface area contributed by atoms with Crippen LogP contribution in [-0.4, -0.2) is 43.7 Å². The van der Waals surface area contributed by atoms with Crippen LogP contribution in [0.3, 0.4) is 0 Å². The fourth-order valence-electron chi connectivity index (χ4n) is 1.60. The molecule has 0 radical (unpaired) electrons. The minimum absolute atomic E-state index is 0.271. The zero-order valence-electron chi connectivity index (χ0n) is 11.9. The zero-order chi connectivity index (χ0) is 13.3. The number of hydrogen-bond donors (Lipinski definition) is 0. The van der Waals surface area contributed by atoms with Gasteiger partial charge < -0.3 is 9.22 Å². The van der Waals surface area contributed by atoms with Crippen molar-refractivity contribution in [1.82, 2.24) is 0 Å². The molecule has 0 heterocycles. The molecule has 0 aliphatic heterocycles. The molecule has 0 N–H and O–H groups in total. The Kier molecular flexibility index (Phi) is 7.88. The van der Waals surface area contributed by atoms with Gasteiger partial charge in [-0.1, -0.05) is 6.58 Å². The molecule has 0 bridgehead atoms.